The number of aryl methyl sites for hydroxylation is 1. The second kappa shape index (κ2) is 10.6. The van der Waals surface area contributed by atoms with Gasteiger partial charge in [-0.2, -0.15) is 11.8 Å². The molecule has 2 aromatic carbocycles. The first-order valence-electron chi connectivity index (χ1n) is 9.39. The van der Waals surface area contributed by atoms with Crippen LogP contribution >= 0.6 is 11.8 Å². The van der Waals surface area contributed by atoms with Crippen molar-refractivity contribution in [1.29, 1.82) is 0 Å². The minimum Gasteiger partial charge on any atom is -0.353 e. The number of carbonyl (C=O) groups excluding carboxylic acids is 1. The third kappa shape index (κ3) is 6.75. The van der Waals surface area contributed by atoms with Crippen LogP contribution in [-0.4, -0.2) is 38.9 Å². The molecular weight excluding hydrogens is 411 g/mol. The van der Waals surface area contributed by atoms with Gasteiger partial charge in [-0.25, -0.2) is 12.8 Å². The lowest BCUT2D eigenvalue weighted by atomic mass is 10.1. The molecule has 0 fully saturated rings. The Labute approximate surface area is 176 Å². The SMILES string of the molecule is CC[C@H](C(=O)NCCSCc1ccccc1C)N(c1ccc(F)cc1)S(C)(=O)=O. The van der Waals surface area contributed by atoms with Crippen molar-refractivity contribution in [1.82, 2.24) is 5.32 Å². The topological polar surface area (TPSA) is 66.5 Å². The average Bonchev–Trinajstić information content (AvgIpc) is 2.67. The fraction of sp³-hybridized carbons (Fsp3) is 0.381. The fourth-order valence-electron chi connectivity index (χ4n) is 2.97. The van der Waals surface area contributed by atoms with E-state index >= 15 is 0 Å². The highest BCUT2D eigenvalue weighted by molar-refractivity contribution is 7.98. The summed E-state index contributed by atoms with van der Waals surface area (Å²) in [6.07, 6.45) is 1.34. The molecule has 0 saturated carbocycles. The van der Waals surface area contributed by atoms with Crippen LogP contribution in [0.25, 0.3) is 0 Å². The lowest BCUT2D eigenvalue weighted by Crippen LogP contribution is -2.49. The second-order valence-electron chi connectivity index (χ2n) is 6.73. The predicted octanol–water partition coefficient (Wildman–Crippen LogP) is 3.73. The first kappa shape index (κ1) is 23.2. The van der Waals surface area contributed by atoms with Gasteiger partial charge in [0.05, 0.1) is 11.9 Å². The van der Waals surface area contributed by atoms with Crippen LogP contribution < -0.4 is 9.62 Å². The molecule has 158 valence electrons. The Bertz CT molecular complexity index is 918. The minimum atomic E-state index is -3.72. The van der Waals surface area contributed by atoms with Crippen LogP contribution in [0.2, 0.25) is 0 Å². The van der Waals surface area contributed by atoms with Gasteiger partial charge in [-0.1, -0.05) is 31.2 Å². The Kier molecular flexibility index (Phi) is 8.52. The maximum atomic E-state index is 13.2. The van der Waals surface area contributed by atoms with Gasteiger partial charge in [-0.05, 0) is 48.7 Å². The summed E-state index contributed by atoms with van der Waals surface area (Å²) in [5, 5.41) is 2.83. The van der Waals surface area contributed by atoms with Gasteiger partial charge in [0, 0.05) is 18.1 Å². The molecule has 0 heterocycles. The summed E-state index contributed by atoms with van der Waals surface area (Å²) < 4.78 is 39.0. The van der Waals surface area contributed by atoms with Gasteiger partial charge < -0.3 is 5.32 Å². The molecule has 1 N–H and O–H groups in total. The molecule has 2 aromatic rings. The first-order valence-corrected chi connectivity index (χ1v) is 12.4. The molecule has 1 atom stereocenters. The van der Waals surface area contributed by atoms with E-state index in [0.29, 0.717) is 18.7 Å². The number of rotatable bonds is 10. The van der Waals surface area contributed by atoms with E-state index in [1.54, 1.807) is 18.7 Å². The molecule has 1 amide bonds. The fourth-order valence-corrected chi connectivity index (χ4v) is 5.11. The first-order chi connectivity index (χ1) is 13.7. The molecule has 0 aliphatic heterocycles. The summed E-state index contributed by atoms with van der Waals surface area (Å²) in [5.41, 5.74) is 2.76. The van der Waals surface area contributed by atoms with Crippen LogP contribution in [0.1, 0.15) is 24.5 Å². The third-order valence-corrected chi connectivity index (χ3v) is 6.66. The Hall–Kier alpha value is -2.06. The lowest BCUT2D eigenvalue weighted by Gasteiger charge is -2.30. The van der Waals surface area contributed by atoms with Crippen LogP contribution in [0.3, 0.4) is 0 Å². The monoisotopic (exact) mass is 438 g/mol. The lowest BCUT2D eigenvalue weighted by molar-refractivity contribution is -0.122. The molecule has 0 aliphatic rings. The van der Waals surface area contributed by atoms with E-state index in [4.69, 9.17) is 0 Å². The van der Waals surface area contributed by atoms with E-state index in [-0.39, 0.29) is 11.6 Å². The summed E-state index contributed by atoms with van der Waals surface area (Å²) in [5.74, 6) is 0.737. The normalized spacial score (nSPS) is 12.4. The van der Waals surface area contributed by atoms with Crippen molar-refractivity contribution < 1.29 is 17.6 Å². The molecule has 0 aliphatic carbocycles. The number of amides is 1. The van der Waals surface area contributed by atoms with Gasteiger partial charge in [-0.3, -0.25) is 9.10 Å². The highest BCUT2D eigenvalue weighted by atomic mass is 32.2. The van der Waals surface area contributed by atoms with Gasteiger partial charge in [0.1, 0.15) is 11.9 Å². The number of carbonyl (C=O) groups is 1. The Balaban J connectivity index is 1.97. The zero-order valence-corrected chi connectivity index (χ0v) is 18.5. The van der Waals surface area contributed by atoms with Gasteiger partial charge in [0.15, 0.2) is 0 Å². The maximum absolute atomic E-state index is 13.2. The number of halogens is 1. The zero-order valence-electron chi connectivity index (χ0n) is 16.9. The number of nitrogens with zero attached hydrogens (tertiary/aromatic N) is 1. The van der Waals surface area contributed by atoms with E-state index in [1.165, 1.54) is 35.4 Å². The molecule has 29 heavy (non-hydrogen) atoms. The van der Waals surface area contributed by atoms with Crippen LogP contribution in [0.15, 0.2) is 48.5 Å². The number of sulfonamides is 1. The Morgan fingerprint density at radius 2 is 1.83 bits per heavy atom. The smallest absolute Gasteiger partial charge is 0.243 e. The third-order valence-electron chi connectivity index (χ3n) is 4.48. The van der Waals surface area contributed by atoms with Gasteiger partial charge >= 0.3 is 0 Å². The van der Waals surface area contributed by atoms with E-state index in [2.05, 4.69) is 24.4 Å². The number of hydrogen-bond donors (Lipinski definition) is 1. The summed E-state index contributed by atoms with van der Waals surface area (Å²) >= 11 is 1.71. The number of anilines is 1. The van der Waals surface area contributed by atoms with Crippen LogP contribution in [0.5, 0.6) is 0 Å². The Morgan fingerprint density at radius 3 is 2.41 bits per heavy atom. The highest BCUT2D eigenvalue weighted by Gasteiger charge is 2.31. The molecular formula is C21H27FN2O3S2. The van der Waals surface area contributed by atoms with Crippen molar-refractivity contribution >= 4 is 33.4 Å². The van der Waals surface area contributed by atoms with Crippen LogP contribution in [-0.2, 0) is 20.6 Å². The van der Waals surface area contributed by atoms with Crippen LogP contribution in [0, 0.1) is 12.7 Å². The predicted molar refractivity (Wildman–Crippen MR) is 118 cm³/mol. The summed E-state index contributed by atoms with van der Waals surface area (Å²) in [6, 6.07) is 12.4. The molecule has 0 bridgehead atoms. The molecule has 8 heteroatoms. The molecule has 5 nitrogen and oxygen atoms in total. The van der Waals surface area contributed by atoms with E-state index in [1.807, 2.05) is 12.1 Å². The minimum absolute atomic E-state index is 0.268. The summed E-state index contributed by atoms with van der Waals surface area (Å²) in [7, 11) is -3.72. The Morgan fingerprint density at radius 1 is 1.17 bits per heavy atom. The van der Waals surface area contributed by atoms with Gasteiger partial charge in [0.25, 0.3) is 0 Å². The summed E-state index contributed by atoms with van der Waals surface area (Å²) in [6.45, 7) is 4.25. The molecule has 0 aromatic heterocycles. The molecule has 2 rings (SSSR count). The van der Waals surface area contributed by atoms with Gasteiger partial charge in [-0.15, -0.1) is 0 Å². The molecule has 0 saturated heterocycles. The standard InChI is InChI=1S/C21H27FN2O3S2/c1-4-20(24(29(3,26)27)19-11-9-18(22)10-12-19)21(25)23-13-14-28-15-17-8-6-5-7-16(17)2/h5-12,20H,4,13-15H2,1-3H3,(H,23,25)/t20-/m1/s1. The van der Waals surface area contributed by atoms with Crippen molar-refractivity contribution in [2.24, 2.45) is 0 Å². The van der Waals surface area contributed by atoms with E-state index in [9.17, 15) is 17.6 Å². The largest absolute Gasteiger partial charge is 0.353 e. The van der Waals surface area contributed by atoms with Crippen LogP contribution in [0.4, 0.5) is 10.1 Å². The summed E-state index contributed by atoms with van der Waals surface area (Å²) in [4.78, 5) is 12.7. The van der Waals surface area contributed by atoms with E-state index in [0.717, 1.165) is 16.3 Å². The molecule has 0 radical (unpaired) electrons. The quantitative estimate of drug-likeness (QED) is 0.574. The molecule has 0 spiro atoms. The van der Waals surface area contributed by atoms with E-state index < -0.39 is 21.9 Å². The number of nitrogens with one attached hydrogen (secondary N) is 1. The second-order valence-corrected chi connectivity index (χ2v) is 9.69. The van der Waals surface area contributed by atoms with Crippen molar-refractivity contribution in [3.05, 3.63) is 65.5 Å². The maximum Gasteiger partial charge on any atom is 0.243 e. The average molecular weight is 439 g/mol. The van der Waals surface area contributed by atoms with Crippen molar-refractivity contribution in [3.8, 4) is 0 Å². The highest BCUT2D eigenvalue weighted by Crippen LogP contribution is 2.23. The van der Waals surface area contributed by atoms with Crippen molar-refractivity contribution in [2.75, 3.05) is 22.9 Å². The number of benzene rings is 2. The van der Waals surface area contributed by atoms with Gasteiger partial charge in [0.2, 0.25) is 15.9 Å². The van der Waals surface area contributed by atoms with Crippen molar-refractivity contribution in [2.45, 2.75) is 32.1 Å². The zero-order chi connectivity index (χ0) is 21.4. The molecule has 0 unspecified atom stereocenters. The van der Waals surface area contributed by atoms with Crippen molar-refractivity contribution in [3.63, 3.8) is 0 Å². The number of thioether (sulfide) groups is 1. The number of hydrogen-bond acceptors (Lipinski definition) is 4.